The number of ether oxygens (including phenoxy) is 2. The van der Waals surface area contributed by atoms with Crippen molar-refractivity contribution in [3.8, 4) is 28.1 Å². The summed E-state index contributed by atoms with van der Waals surface area (Å²) in [7, 11) is 7.40. The molecule has 7 rings (SSSR count). The van der Waals surface area contributed by atoms with Crippen molar-refractivity contribution in [3.63, 3.8) is 0 Å². The molecule has 0 aliphatic carbocycles. The molecule has 1 aromatic heterocycles. The molecule has 3 aliphatic heterocycles. The number of likely N-dealkylation sites (tertiary alicyclic amines) is 1. The number of nitrogens with zero attached hydrogens (tertiary/aromatic N) is 5. The van der Waals surface area contributed by atoms with Gasteiger partial charge in [0.15, 0.2) is 0 Å². The number of carbonyl (C=O) groups is 5. The lowest BCUT2D eigenvalue weighted by Crippen LogP contribution is -2.62. The summed E-state index contributed by atoms with van der Waals surface area (Å²) in [5.74, 6) is -2.83. The summed E-state index contributed by atoms with van der Waals surface area (Å²) in [6.07, 6.45) is 3.21. The van der Waals surface area contributed by atoms with Gasteiger partial charge in [0.1, 0.15) is 23.9 Å². The molecule has 3 aliphatic rings. The quantitative estimate of drug-likeness (QED) is 0.112. The first-order valence-electron chi connectivity index (χ1n) is 24.3. The molecule has 4 atom stereocenters. The zero-order chi connectivity index (χ0) is 49.9. The normalized spacial score (nSPS) is 20.2. The molecule has 0 saturated carbocycles. The lowest BCUT2D eigenvalue weighted by molar-refractivity contribution is -0.155. The second kappa shape index (κ2) is 21.3. The first-order chi connectivity index (χ1) is 32.8. The lowest BCUT2D eigenvalue weighted by Gasteiger charge is -2.37. The van der Waals surface area contributed by atoms with Crippen LogP contribution in [-0.2, 0) is 66.0 Å². The second-order valence-corrected chi connectivity index (χ2v) is 20.5. The van der Waals surface area contributed by atoms with Gasteiger partial charge < -0.3 is 39.2 Å². The summed E-state index contributed by atoms with van der Waals surface area (Å²) in [6.45, 7) is 16.5. The van der Waals surface area contributed by atoms with Crippen molar-refractivity contribution in [2.75, 3.05) is 54.5 Å². The van der Waals surface area contributed by atoms with Crippen LogP contribution >= 0.6 is 0 Å². The van der Waals surface area contributed by atoms with Gasteiger partial charge in [-0.05, 0) is 128 Å². The van der Waals surface area contributed by atoms with Crippen LogP contribution in [0.5, 0.6) is 5.75 Å². The van der Waals surface area contributed by atoms with E-state index in [0.29, 0.717) is 50.9 Å². The van der Waals surface area contributed by atoms with Gasteiger partial charge in [-0.15, -0.1) is 0 Å². The third kappa shape index (κ3) is 11.2. The Kier molecular flexibility index (Phi) is 15.7. The van der Waals surface area contributed by atoms with Crippen molar-refractivity contribution in [2.45, 2.75) is 105 Å². The topological polar surface area (TPSA) is 166 Å². The minimum absolute atomic E-state index is 0.00368. The largest absolute Gasteiger partial charge is 0.508 e. The number of benzene rings is 3. The number of methoxy groups -OCH3 is 1. The van der Waals surface area contributed by atoms with Gasteiger partial charge in [-0.25, -0.2) is 5.43 Å². The van der Waals surface area contributed by atoms with Crippen molar-refractivity contribution >= 4 is 40.5 Å². The van der Waals surface area contributed by atoms with E-state index in [0.717, 1.165) is 51.0 Å². The summed E-state index contributed by atoms with van der Waals surface area (Å²) in [5.41, 5.74) is 11.3. The van der Waals surface area contributed by atoms with Crippen molar-refractivity contribution < 1.29 is 38.6 Å². The maximum atomic E-state index is 14.8. The van der Waals surface area contributed by atoms with Crippen molar-refractivity contribution in [1.29, 1.82) is 0 Å². The fourth-order valence-corrected chi connectivity index (χ4v) is 10.5. The van der Waals surface area contributed by atoms with E-state index in [1.807, 2.05) is 26.0 Å². The van der Waals surface area contributed by atoms with Gasteiger partial charge in [0.05, 0.1) is 24.8 Å². The highest BCUT2D eigenvalue weighted by Crippen LogP contribution is 2.41. The molecule has 0 radical (unpaired) electrons. The monoisotopic (exact) mass is 946 g/mol. The van der Waals surface area contributed by atoms with Crippen molar-refractivity contribution in [1.82, 2.24) is 35.0 Å². The Morgan fingerprint density at radius 1 is 1.00 bits per heavy atom. The highest BCUT2D eigenvalue weighted by molar-refractivity contribution is 5.96. The smallest absolute Gasteiger partial charge is 0.324 e. The number of cyclic esters (lactones) is 1. The number of aryl methyl sites for hydroxylation is 1. The molecule has 3 aromatic carbocycles. The predicted octanol–water partition coefficient (Wildman–Crippen LogP) is 6.07. The van der Waals surface area contributed by atoms with E-state index in [4.69, 9.17) is 9.47 Å². The maximum Gasteiger partial charge on any atom is 0.324 e. The van der Waals surface area contributed by atoms with Crippen LogP contribution in [0.1, 0.15) is 76.1 Å². The number of phenols is 1. The van der Waals surface area contributed by atoms with Crippen LogP contribution in [0.3, 0.4) is 0 Å². The Morgan fingerprint density at radius 2 is 1.75 bits per heavy atom. The summed E-state index contributed by atoms with van der Waals surface area (Å²) in [6, 6.07) is 15.2. The molecular formula is C54H71N7O8. The van der Waals surface area contributed by atoms with Crippen LogP contribution in [0.25, 0.3) is 33.3 Å². The number of aromatic hydroxyl groups is 1. The number of nitrogens with one attached hydrogen (secondary N) is 2. The Balaban J connectivity index is 1.31. The molecule has 4 amide bonds. The molecule has 0 spiro atoms. The molecular weight excluding hydrogens is 875 g/mol. The number of likely N-dealkylation sites (N-methyl/N-ethyl adjacent to an activating group) is 1. The van der Waals surface area contributed by atoms with E-state index < -0.39 is 47.2 Å². The number of esters is 1. The van der Waals surface area contributed by atoms with Gasteiger partial charge in [-0.1, -0.05) is 58.5 Å². The number of fused-ring (bicyclic) bond motifs is 6. The standard InChI is InChI=1S/C54H71N7O8/c1-11-47(63)59-21-19-38(30-59)51(65)58(9)48(33(3)4)50(64)55-45-24-34-22-39(26-41(62)23-34)35-17-18-46-42(27-35)43(28-54(5,6)32-69-53(67)44-14-13-20-61(56-44)52(45)66)49(60(46)12-2)36-15-16-37(29-57(7)8)40(25-36)31-68-10/h11,15-18,22-23,25-27,33,38,44-45,48,56,62H,1,12-14,19-21,24,28-32H2,2-10H3,(H,55,64)/t38-,44-,45-,48?/m0/s1. The van der Waals surface area contributed by atoms with E-state index >= 15 is 0 Å². The number of rotatable bonds is 12. The van der Waals surface area contributed by atoms with Crippen LogP contribution in [0, 0.1) is 17.3 Å². The number of phenolic OH excluding ortho intramolecular Hbond substituents is 1. The van der Waals surface area contributed by atoms with Gasteiger partial charge in [0.25, 0.3) is 5.91 Å². The fraction of sp³-hybridized carbons (Fsp3) is 0.500. The van der Waals surface area contributed by atoms with Gasteiger partial charge >= 0.3 is 5.97 Å². The molecule has 2 saturated heterocycles. The van der Waals surface area contributed by atoms with E-state index in [-0.39, 0.29) is 49.6 Å². The SMILES string of the molecule is C=CC(=O)N1CC[C@H](C(=O)N(C)C(C(=O)N[C@H]2Cc3cc(O)cc(c3)-c3ccc4c(c3)c(c(-c3ccc(CN(C)C)c(COC)c3)n4CC)CC(C)(C)COC(=O)[C@@H]3CCCN(N3)C2=O)C(C)C)C1. The molecule has 4 aromatic rings. The van der Waals surface area contributed by atoms with E-state index in [1.165, 1.54) is 21.5 Å². The predicted molar refractivity (Wildman–Crippen MR) is 266 cm³/mol. The first kappa shape index (κ1) is 50.8. The Bertz CT molecular complexity index is 2600. The van der Waals surface area contributed by atoms with Crippen molar-refractivity contribution in [3.05, 3.63) is 89.5 Å². The van der Waals surface area contributed by atoms with E-state index in [2.05, 4.69) is 92.0 Å². The first-order valence-corrected chi connectivity index (χ1v) is 24.3. The highest BCUT2D eigenvalue weighted by Gasteiger charge is 2.40. The van der Waals surface area contributed by atoms with E-state index in [9.17, 15) is 29.1 Å². The average Bonchev–Trinajstić information content (AvgIpc) is 3.93. The maximum absolute atomic E-state index is 14.8. The second-order valence-electron chi connectivity index (χ2n) is 20.5. The molecule has 370 valence electrons. The van der Waals surface area contributed by atoms with Gasteiger partial charge in [0.2, 0.25) is 17.7 Å². The zero-order valence-electron chi connectivity index (χ0n) is 41.9. The van der Waals surface area contributed by atoms with Gasteiger partial charge in [-0.3, -0.25) is 29.0 Å². The summed E-state index contributed by atoms with van der Waals surface area (Å²) < 4.78 is 14.2. The van der Waals surface area contributed by atoms with Crippen LogP contribution < -0.4 is 10.7 Å². The number of amides is 4. The molecule has 15 heteroatoms. The molecule has 1 unspecified atom stereocenters. The number of hydrogen-bond donors (Lipinski definition) is 3. The fourth-order valence-electron chi connectivity index (χ4n) is 10.5. The van der Waals surface area contributed by atoms with Gasteiger partial charge in [0, 0.05) is 69.6 Å². The van der Waals surface area contributed by atoms with E-state index in [1.54, 1.807) is 31.2 Å². The number of hydrazine groups is 1. The Morgan fingerprint density at radius 3 is 2.45 bits per heavy atom. The van der Waals surface area contributed by atoms with Crippen molar-refractivity contribution in [2.24, 2.45) is 17.3 Å². The highest BCUT2D eigenvalue weighted by atomic mass is 16.5. The zero-order valence-corrected chi connectivity index (χ0v) is 41.9. The molecule has 3 N–H and O–H groups in total. The molecule has 6 bridgehead atoms. The third-order valence-corrected chi connectivity index (χ3v) is 13.8. The number of carbonyl (C=O) groups excluding carboxylic acids is 5. The number of aromatic nitrogens is 1. The molecule has 2 fully saturated rings. The summed E-state index contributed by atoms with van der Waals surface area (Å²) in [5, 5.41) is 16.8. The molecule has 4 heterocycles. The van der Waals surface area contributed by atoms with Crippen LogP contribution in [0.15, 0.2) is 67.3 Å². The number of hydrogen-bond acceptors (Lipinski definition) is 10. The average molecular weight is 946 g/mol. The molecule has 69 heavy (non-hydrogen) atoms. The lowest BCUT2D eigenvalue weighted by atomic mass is 9.84. The van der Waals surface area contributed by atoms with Crippen LogP contribution in [-0.4, -0.2) is 132 Å². The summed E-state index contributed by atoms with van der Waals surface area (Å²) >= 11 is 0. The molecule has 15 nitrogen and oxygen atoms in total. The third-order valence-electron chi connectivity index (χ3n) is 13.8. The Labute approximate surface area is 406 Å². The van der Waals surface area contributed by atoms with Crippen LogP contribution in [0.4, 0.5) is 0 Å². The van der Waals surface area contributed by atoms with Gasteiger partial charge in [-0.2, -0.15) is 0 Å². The van der Waals surface area contributed by atoms with Crippen LogP contribution in [0.2, 0.25) is 0 Å². The minimum Gasteiger partial charge on any atom is -0.508 e. The minimum atomic E-state index is -1.16. The Hall–Kier alpha value is -6.03. The summed E-state index contributed by atoms with van der Waals surface area (Å²) in [4.78, 5) is 74.7.